The largest absolute Gasteiger partial charge is 0.309 e. The Labute approximate surface area is 145 Å². The van der Waals surface area contributed by atoms with Crippen molar-refractivity contribution in [2.24, 2.45) is 0 Å². The predicted octanol–water partition coefficient (Wildman–Crippen LogP) is 6.11. The first kappa shape index (κ1) is 16.6. The lowest BCUT2D eigenvalue weighted by Crippen LogP contribution is -2.24. The van der Waals surface area contributed by atoms with Crippen molar-refractivity contribution < 1.29 is 0 Å². The topological polar surface area (TPSA) is 12.0 Å². The third-order valence-electron chi connectivity index (χ3n) is 2.90. The standard InChI is InChI=1S/C15H17Br2NS2/c1-2-7-18-14(11-8-19-9-13(11)17)10-20-15-6-4-3-5-12(15)16/h3-6,8-9,14,18H,2,7,10H2,1H3. The first-order valence-electron chi connectivity index (χ1n) is 6.54. The van der Waals surface area contributed by atoms with E-state index in [4.69, 9.17) is 0 Å². The van der Waals surface area contributed by atoms with Crippen LogP contribution in [-0.2, 0) is 0 Å². The summed E-state index contributed by atoms with van der Waals surface area (Å²) in [6.07, 6.45) is 1.15. The van der Waals surface area contributed by atoms with Gasteiger partial charge in [0.15, 0.2) is 0 Å². The van der Waals surface area contributed by atoms with Gasteiger partial charge in [0.25, 0.3) is 0 Å². The lowest BCUT2D eigenvalue weighted by molar-refractivity contribution is 0.577. The van der Waals surface area contributed by atoms with E-state index in [9.17, 15) is 0 Å². The Morgan fingerprint density at radius 2 is 2.00 bits per heavy atom. The van der Waals surface area contributed by atoms with E-state index in [0.29, 0.717) is 6.04 Å². The van der Waals surface area contributed by atoms with Crippen LogP contribution in [0.4, 0.5) is 0 Å². The second-order valence-electron chi connectivity index (χ2n) is 4.42. The van der Waals surface area contributed by atoms with Crippen LogP contribution < -0.4 is 5.32 Å². The average Bonchev–Trinajstić information content (AvgIpc) is 2.87. The fourth-order valence-corrected chi connectivity index (χ4v) is 5.13. The third kappa shape index (κ3) is 4.60. The van der Waals surface area contributed by atoms with Crippen molar-refractivity contribution in [2.45, 2.75) is 24.3 Å². The highest BCUT2D eigenvalue weighted by atomic mass is 79.9. The van der Waals surface area contributed by atoms with Gasteiger partial charge in [-0.05, 0) is 67.9 Å². The van der Waals surface area contributed by atoms with Crippen molar-refractivity contribution in [3.8, 4) is 0 Å². The minimum absolute atomic E-state index is 0.382. The molecule has 1 N–H and O–H groups in total. The summed E-state index contributed by atoms with van der Waals surface area (Å²) in [5.41, 5.74) is 1.36. The molecule has 2 rings (SSSR count). The molecule has 1 aromatic heterocycles. The summed E-state index contributed by atoms with van der Waals surface area (Å²) in [4.78, 5) is 1.29. The van der Waals surface area contributed by atoms with E-state index in [2.05, 4.69) is 79.1 Å². The van der Waals surface area contributed by atoms with Gasteiger partial charge in [0.1, 0.15) is 0 Å². The highest BCUT2D eigenvalue weighted by Crippen LogP contribution is 2.34. The molecule has 0 fully saturated rings. The van der Waals surface area contributed by atoms with Crippen molar-refractivity contribution in [3.63, 3.8) is 0 Å². The molecule has 1 heterocycles. The monoisotopic (exact) mass is 433 g/mol. The summed E-state index contributed by atoms with van der Waals surface area (Å²) < 4.78 is 2.38. The maximum Gasteiger partial charge on any atom is 0.0434 e. The van der Waals surface area contributed by atoms with Gasteiger partial charge >= 0.3 is 0 Å². The first-order chi connectivity index (χ1) is 9.72. The smallest absolute Gasteiger partial charge is 0.0434 e. The van der Waals surface area contributed by atoms with E-state index in [-0.39, 0.29) is 0 Å². The molecule has 20 heavy (non-hydrogen) atoms. The molecule has 0 saturated carbocycles. The Morgan fingerprint density at radius 1 is 1.20 bits per heavy atom. The van der Waals surface area contributed by atoms with Gasteiger partial charge in [0.2, 0.25) is 0 Å². The molecule has 1 atom stereocenters. The van der Waals surface area contributed by atoms with Crippen LogP contribution in [0.1, 0.15) is 24.9 Å². The molecule has 0 aliphatic heterocycles. The molecule has 1 aromatic carbocycles. The number of halogens is 2. The summed E-state index contributed by atoms with van der Waals surface area (Å²) in [5.74, 6) is 1.03. The van der Waals surface area contributed by atoms with Crippen LogP contribution in [0.5, 0.6) is 0 Å². The number of thiophene rings is 1. The number of benzene rings is 1. The van der Waals surface area contributed by atoms with Gasteiger partial charge in [-0.1, -0.05) is 19.1 Å². The van der Waals surface area contributed by atoms with Crippen molar-refractivity contribution >= 4 is 55.0 Å². The Morgan fingerprint density at radius 3 is 2.65 bits per heavy atom. The first-order valence-corrected chi connectivity index (χ1v) is 10.1. The lowest BCUT2D eigenvalue weighted by Gasteiger charge is -2.18. The molecule has 0 aliphatic carbocycles. The van der Waals surface area contributed by atoms with E-state index < -0.39 is 0 Å². The molecule has 0 bridgehead atoms. The Kier molecular flexibility index (Phi) is 7.11. The Balaban J connectivity index is 2.05. The van der Waals surface area contributed by atoms with Crippen molar-refractivity contribution in [2.75, 3.05) is 12.3 Å². The maximum absolute atomic E-state index is 3.65. The predicted molar refractivity (Wildman–Crippen MR) is 97.9 cm³/mol. The zero-order valence-electron chi connectivity index (χ0n) is 11.2. The molecule has 0 spiro atoms. The molecular weight excluding hydrogens is 418 g/mol. The summed E-state index contributed by atoms with van der Waals surface area (Å²) in [5, 5.41) is 8.03. The second kappa shape index (κ2) is 8.59. The summed E-state index contributed by atoms with van der Waals surface area (Å²) in [6.45, 7) is 3.25. The maximum atomic E-state index is 3.65. The fourth-order valence-electron chi connectivity index (χ4n) is 1.85. The van der Waals surface area contributed by atoms with E-state index in [0.717, 1.165) is 18.7 Å². The molecule has 0 amide bonds. The van der Waals surface area contributed by atoms with Crippen molar-refractivity contribution in [1.82, 2.24) is 5.32 Å². The average molecular weight is 435 g/mol. The van der Waals surface area contributed by atoms with Crippen LogP contribution in [0.15, 0.2) is 48.9 Å². The highest BCUT2D eigenvalue weighted by Gasteiger charge is 2.15. The summed E-state index contributed by atoms with van der Waals surface area (Å²) in [7, 11) is 0. The van der Waals surface area contributed by atoms with E-state index >= 15 is 0 Å². The summed E-state index contributed by atoms with van der Waals surface area (Å²) >= 11 is 10.9. The van der Waals surface area contributed by atoms with Crippen molar-refractivity contribution in [1.29, 1.82) is 0 Å². The van der Waals surface area contributed by atoms with Crippen LogP contribution in [0.3, 0.4) is 0 Å². The number of thioether (sulfide) groups is 1. The quantitative estimate of drug-likeness (QED) is 0.527. The van der Waals surface area contributed by atoms with Gasteiger partial charge < -0.3 is 5.32 Å². The van der Waals surface area contributed by atoms with Gasteiger partial charge in [-0.25, -0.2) is 0 Å². The van der Waals surface area contributed by atoms with Crippen LogP contribution in [-0.4, -0.2) is 12.3 Å². The zero-order valence-corrected chi connectivity index (χ0v) is 16.0. The van der Waals surface area contributed by atoms with Crippen LogP contribution >= 0.6 is 55.0 Å². The van der Waals surface area contributed by atoms with E-state index in [1.807, 2.05) is 11.8 Å². The van der Waals surface area contributed by atoms with Gasteiger partial charge in [0.05, 0.1) is 0 Å². The van der Waals surface area contributed by atoms with Crippen LogP contribution in [0, 0.1) is 0 Å². The number of rotatable bonds is 7. The van der Waals surface area contributed by atoms with Gasteiger partial charge in [-0.2, -0.15) is 11.3 Å². The number of hydrogen-bond donors (Lipinski definition) is 1. The van der Waals surface area contributed by atoms with Gasteiger partial charge in [0, 0.05) is 31.0 Å². The fraction of sp³-hybridized carbons (Fsp3) is 0.333. The molecule has 0 saturated heterocycles. The lowest BCUT2D eigenvalue weighted by atomic mass is 10.2. The minimum atomic E-state index is 0.382. The molecule has 108 valence electrons. The molecule has 1 nitrogen and oxygen atoms in total. The Bertz CT molecular complexity index is 542. The molecule has 5 heteroatoms. The third-order valence-corrected chi connectivity index (χ3v) is 6.77. The normalized spacial score (nSPS) is 12.6. The molecule has 1 unspecified atom stereocenters. The number of nitrogens with one attached hydrogen (secondary N) is 1. The van der Waals surface area contributed by atoms with Gasteiger partial charge in [-0.15, -0.1) is 11.8 Å². The molecule has 0 radical (unpaired) electrons. The SMILES string of the molecule is CCCNC(CSc1ccccc1Br)c1cscc1Br. The highest BCUT2D eigenvalue weighted by molar-refractivity contribution is 9.10. The van der Waals surface area contributed by atoms with Gasteiger partial charge in [-0.3, -0.25) is 0 Å². The zero-order chi connectivity index (χ0) is 14.4. The summed E-state index contributed by atoms with van der Waals surface area (Å²) in [6, 6.07) is 8.78. The van der Waals surface area contributed by atoms with Crippen LogP contribution in [0.25, 0.3) is 0 Å². The van der Waals surface area contributed by atoms with Crippen molar-refractivity contribution in [3.05, 3.63) is 49.5 Å². The van der Waals surface area contributed by atoms with E-state index in [1.54, 1.807) is 11.3 Å². The van der Waals surface area contributed by atoms with E-state index in [1.165, 1.54) is 19.4 Å². The van der Waals surface area contributed by atoms with Crippen LogP contribution in [0.2, 0.25) is 0 Å². The molecular formula is C15H17Br2NS2. The molecule has 0 aliphatic rings. The minimum Gasteiger partial charge on any atom is -0.309 e. The molecule has 2 aromatic rings. The second-order valence-corrected chi connectivity index (χ2v) is 7.94. The number of hydrogen-bond acceptors (Lipinski definition) is 3. The Hall–Kier alpha value is 0.190.